The highest BCUT2D eigenvalue weighted by Crippen LogP contribution is 2.13. The first-order valence-electron chi connectivity index (χ1n) is 5.28. The minimum absolute atomic E-state index is 0.0393. The molecule has 1 atom stereocenters. The quantitative estimate of drug-likeness (QED) is 0.828. The van der Waals surface area contributed by atoms with Gasteiger partial charge in [-0.05, 0) is 24.3 Å². The van der Waals surface area contributed by atoms with Crippen LogP contribution < -0.4 is 5.32 Å². The van der Waals surface area contributed by atoms with Crippen LogP contribution in [0.3, 0.4) is 0 Å². The number of carbonyl (C=O) groups excluding carboxylic acids is 1. The minimum Gasteiger partial charge on any atom is -0.467 e. The summed E-state index contributed by atoms with van der Waals surface area (Å²) in [6, 6.07) is 6.47. The molecule has 0 bridgehead atoms. The van der Waals surface area contributed by atoms with Crippen LogP contribution in [0, 0.1) is 0 Å². The van der Waals surface area contributed by atoms with Gasteiger partial charge >= 0.3 is 0 Å². The standard InChI is InChI=1S/C12H11ClN2O3/c13-11-8(3-1-5-14-11)12(17)15-7-9(16)10-4-2-6-18-10/h1-6,9,16H,7H2,(H,15,17). The molecule has 0 aliphatic carbocycles. The van der Waals surface area contributed by atoms with Gasteiger partial charge in [-0.25, -0.2) is 4.98 Å². The summed E-state index contributed by atoms with van der Waals surface area (Å²) < 4.78 is 5.02. The molecule has 5 nitrogen and oxygen atoms in total. The van der Waals surface area contributed by atoms with Crippen molar-refractivity contribution in [3.05, 3.63) is 53.2 Å². The monoisotopic (exact) mass is 266 g/mol. The number of rotatable bonds is 4. The molecular weight excluding hydrogens is 256 g/mol. The Kier molecular flexibility index (Phi) is 3.96. The molecule has 0 aromatic carbocycles. The number of aromatic nitrogens is 1. The second-order valence-electron chi connectivity index (χ2n) is 3.58. The molecule has 2 rings (SSSR count). The largest absolute Gasteiger partial charge is 0.467 e. The van der Waals surface area contributed by atoms with Gasteiger partial charge in [0.1, 0.15) is 17.0 Å². The fraction of sp³-hybridized carbons (Fsp3) is 0.167. The summed E-state index contributed by atoms with van der Waals surface area (Å²) in [5, 5.41) is 12.4. The normalized spacial score (nSPS) is 12.1. The Bertz CT molecular complexity index is 528. The van der Waals surface area contributed by atoms with E-state index in [0.717, 1.165) is 0 Å². The molecule has 2 heterocycles. The van der Waals surface area contributed by atoms with Gasteiger partial charge in [0.2, 0.25) is 0 Å². The number of halogens is 1. The maximum absolute atomic E-state index is 11.8. The molecule has 6 heteroatoms. The van der Waals surface area contributed by atoms with Crippen LogP contribution in [0.4, 0.5) is 0 Å². The first-order chi connectivity index (χ1) is 8.68. The Hall–Kier alpha value is -1.85. The molecule has 1 amide bonds. The summed E-state index contributed by atoms with van der Waals surface area (Å²) >= 11 is 5.78. The highest BCUT2D eigenvalue weighted by molar-refractivity contribution is 6.32. The van der Waals surface area contributed by atoms with E-state index in [1.54, 1.807) is 24.3 Å². The lowest BCUT2D eigenvalue weighted by Gasteiger charge is -2.09. The van der Waals surface area contributed by atoms with E-state index >= 15 is 0 Å². The second kappa shape index (κ2) is 5.66. The van der Waals surface area contributed by atoms with Crippen LogP contribution in [0.15, 0.2) is 41.1 Å². The summed E-state index contributed by atoms with van der Waals surface area (Å²) in [6.45, 7) is 0.0393. The van der Waals surface area contributed by atoms with E-state index in [4.69, 9.17) is 16.0 Å². The predicted molar refractivity (Wildman–Crippen MR) is 65.2 cm³/mol. The number of aliphatic hydroxyl groups is 1. The van der Waals surface area contributed by atoms with Gasteiger partial charge in [0.05, 0.1) is 18.4 Å². The number of aliphatic hydroxyl groups excluding tert-OH is 1. The third kappa shape index (κ3) is 2.88. The van der Waals surface area contributed by atoms with E-state index in [9.17, 15) is 9.90 Å². The van der Waals surface area contributed by atoms with Gasteiger partial charge in [-0.1, -0.05) is 11.6 Å². The van der Waals surface area contributed by atoms with Gasteiger partial charge in [-0.3, -0.25) is 4.79 Å². The van der Waals surface area contributed by atoms with Crippen LogP contribution in [-0.4, -0.2) is 22.5 Å². The SMILES string of the molecule is O=C(NCC(O)c1ccco1)c1cccnc1Cl. The average Bonchev–Trinajstić information content (AvgIpc) is 2.90. The van der Waals surface area contributed by atoms with Gasteiger partial charge in [0, 0.05) is 6.20 Å². The van der Waals surface area contributed by atoms with Crippen molar-refractivity contribution in [2.24, 2.45) is 0 Å². The number of nitrogens with zero attached hydrogens (tertiary/aromatic N) is 1. The molecule has 94 valence electrons. The lowest BCUT2D eigenvalue weighted by atomic mass is 10.2. The number of pyridine rings is 1. The summed E-state index contributed by atoms with van der Waals surface area (Å²) in [4.78, 5) is 15.6. The van der Waals surface area contributed by atoms with E-state index in [0.29, 0.717) is 5.76 Å². The molecule has 0 fully saturated rings. The Balaban J connectivity index is 1.95. The highest BCUT2D eigenvalue weighted by atomic mass is 35.5. The van der Waals surface area contributed by atoms with Crippen molar-refractivity contribution in [3.63, 3.8) is 0 Å². The van der Waals surface area contributed by atoms with Crippen LogP contribution in [0.2, 0.25) is 5.15 Å². The summed E-state index contributed by atoms with van der Waals surface area (Å²) in [6.07, 6.45) is 2.06. The minimum atomic E-state index is -0.889. The molecule has 2 aromatic rings. The first kappa shape index (κ1) is 12.6. The number of nitrogens with one attached hydrogen (secondary N) is 1. The molecule has 0 saturated heterocycles. The van der Waals surface area contributed by atoms with Gasteiger partial charge in [0.15, 0.2) is 0 Å². The average molecular weight is 267 g/mol. The lowest BCUT2D eigenvalue weighted by Crippen LogP contribution is -2.28. The van der Waals surface area contributed by atoms with Crippen molar-refractivity contribution in [1.82, 2.24) is 10.3 Å². The van der Waals surface area contributed by atoms with Gasteiger partial charge in [-0.2, -0.15) is 0 Å². The Morgan fingerprint density at radius 2 is 2.33 bits per heavy atom. The van der Waals surface area contributed by atoms with Crippen molar-refractivity contribution >= 4 is 17.5 Å². The van der Waals surface area contributed by atoms with Crippen molar-refractivity contribution < 1.29 is 14.3 Å². The maximum Gasteiger partial charge on any atom is 0.254 e. The third-order valence-electron chi connectivity index (χ3n) is 2.33. The molecule has 0 saturated carbocycles. The number of carbonyl (C=O) groups is 1. The Morgan fingerprint density at radius 1 is 1.50 bits per heavy atom. The summed E-state index contributed by atoms with van der Waals surface area (Å²) in [5.41, 5.74) is 0.269. The van der Waals surface area contributed by atoms with Gasteiger partial charge in [0.25, 0.3) is 5.91 Å². The smallest absolute Gasteiger partial charge is 0.254 e. The number of hydrogen-bond donors (Lipinski definition) is 2. The van der Waals surface area contributed by atoms with Crippen LogP contribution in [0.1, 0.15) is 22.2 Å². The van der Waals surface area contributed by atoms with Crippen LogP contribution in [0.5, 0.6) is 0 Å². The zero-order chi connectivity index (χ0) is 13.0. The third-order valence-corrected chi connectivity index (χ3v) is 2.63. The maximum atomic E-state index is 11.8. The molecule has 0 aliphatic rings. The summed E-state index contributed by atoms with van der Waals surface area (Å²) in [7, 11) is 0. The van der Waals surface area contributed by atoms with E-state index in [2.05, 4.69) is 10.3 Å². The molecule has 2 aromatic heterocycles. The number of hydrogen-bond acceptors (Lipinski definition) is 4. The molecule has 18 heavy (non-hydrogen) atoms. The highest BCUT2D eigenvalue weighted by Gasteiger charge is 2.14. The lowest BCUT2D eigenvalue weighted by molar-refractivity contribution is 0.0901. The predicted octanol–water partition coefficient (Wildman–Crippen LogP) is 1.79. The molecular formula is C12H11ClN2O3. The Morgan fingerprint density at radius 3 is 3.00 bits per heavy atom. The molecule has 1 unspecified atom stereocenters. The fourth-order valence-corrected chi connectivity index (χ4v) is 1.63. The second-order valence-corrected chi connectivity index (χ2v) is 3.94. The zero-order valence-electron chi connectivity index (χ0n) is 9.34. The molecule has 0 radical (unpaired) electrons. The van der Waals surface area contributed by atoms with E-state index in [1.165, 1.54) is 12.5 Å². The van der Waals surface area contributed by atoms with Crippen molar-refractivity contribution in [2.75, 3.05) is 6.54 Å². The van der Waals surface area contributed by atoms with Crippen LogP contribution in [-0.2, 0) is 0 Å². The van der Waals surface area contributed by atoms with E-state index < -0.39 is 12.0 Å². The van der Waals surface area contributed by atoms with Gasteiger partial charge < -0.3 is 14.8 Å². The van der Waals surface area contributed by atoms with Crippen molar-refractivity contribution in [2.45, 2.75) is 6.10 Å². The first-order valence-corrected chi connectivity index (χ1v) is 5.66. The molecule has 2 N–H and O–H groups in total. The molecule has 0 aliphatic heterocycles. The Labute approximate surface area is 108 Å². The number of amides is 1. The van der Waals surface area contributed by atoms with E-state index in [-0.39, 0.29) is 17.3 Å². The summed E-state index contributed by atoms with van der Waals surface area (Å²) in [5.74, 6) is 0.00582. The fourth-order valence-electron chi connectivity index (χ4n) is 1.42. The van der Waals surface area contributed by atoms with Crippen LogP contribution >= 0.6 is 11.6 Å². The molecule has 0 spiro atoms. The van der Waals surface area contributed by atoms with Crippen molar-refractivity contribution in [3.8, 4) is 0 Å². The van der Waals surface area contributed by atoms with Gasteiger partial charge in [-0.15, -0.1) is 0 Å². The van der Waals surface area contributed by atoms with Crippen molar-refractivity contribution in [1.29, 1.82) is 0 Å². The topological polar surface area (TPSA) is 75.4 Å². The van der Waals surface area contributed by atoms with Crippen LogP contribution in [0.25, 0.3) is 0 Å². The number of furan rings is 1. The zero-order valence-corrected chi connectivity index (χ0v) is 10.1. The van der Waals surface area contributed by atoms with E-state index in [1.807, 2.05) is 0 Å².